The molecule has 0 radical (unpaired) electrons. The maximum atomic E-state index is 13.7. The second-order valence-corrected chi connectivity index (χ2v) is 12.5. The highest BCUT2D eigenvalue weighted by molar-refractivity contribution is 7.92. The zero-order valence-corrected chi connectivity index (χ0v) is 22.9. The van der Waals surface area contributed by atoms with Crippen LogP contribution in [-0.2, 0) is 19.5 Å². The zero-order chi connectivity index (χ0) is 27.6. The summed E-state index contributed by atoms with van der Waals surface area (Å²) in [6.45, 7) is 12.1. The third kappa shape index (κ3) is 7.72. The van der Waals surface area contributed by atoms with Gasteiger partial charge in [-0.05, 0) is 72.2 Å². The van der Waals surface area contributed by atoms with E-state index in [1.165, 1.54) is 18.3 Å². The molecule has 0 fully saturated rings. The number of pyridine rings is 1. The van der Waals surface area contributed by atoms with E-state index in [0.717, 1.165) is 9.87 Å². The Hall–Kier alpha value is -3.54. The van der Waals surface area contributed by atoms with Gasteiger partial charge in [-0.3, -0.25) is 9.62 Å². The molecule has 1 aromatic heterocycles. The van der Waals surface area contributed by atoms with Gasteiger partial charge in [0.1, 0.15) is 23.0 Å². The van der Waals surface area contributed by atoms with Crippen molar-refractivity contribution in [1.29, 1.82) is 0 Å². The summed E-state index contributed by atoms with van der Waals surface area (Å²) in [5, 5.41) is 5.18. The lowest BCUT2D eigenvalue weighted by atomic mass is 10.2. The number of alkyl carbamates (subject to hydrolysis) is 1. The summed E-state index contributed by atoms with van der Waals surface area (Å²) >= 11 is 0. The van der Waals surface area contributed by atoms with Gasteiger partial charge in [0.2, 0.25) is 5.88 Å². The van der Waals surface area contributed by atoms with Crippen molar-refractivity contribution in [2.45, 2.75) is 70.7 Å². The average Bonchev–Trinajstić information content (AvgIpc) is 2.74. The van der Waals surface area contributed by atoms with Crippen molar-refractivity contribution in [2.75, 3.05) is 22.7 Å². The van der Waals surface area contributed by atoms with Crippen molar-refractivity contribution in [2.24, 2.45) is 0 Å². The SMILES string of the molecule is Cc1cccc(S(=O)(=O)N2CC(CNC(=O)OC(C)(C)C)Oc3ncc(NC(=O)OC(C)(C)C)cc32)c1. The smallest absolute Gasteiger partial charge is 0.412 e. The van der Waals surface area contributed by atoms with Gasteiger partial charge in [0.05, 0.1) is 29.9 Å². The van der Waals surface area contributed by atoms with E-state index in [2.05, 4.69) is 15.6 Å². The number of fused-ring (bicyclic) bond motifs is 1. The summed E-state index contributed by atoms with van der Waals surface area (Å²) in [5.74, 6) is 0.0354. The fourth-order valence-corrected chi connectivity index (χ4v) is 5.02. The summed E-state index contributed by atoms with van der Waals surface area (Å²) < 4.78 is 45.0. The van der Waals surface area contributed by atoms with Crippen LogP contribution in [0.1, 0.15) is 47.1 Å². The number of carbonyl (C=O) groups is 2. The molecule has 2 aromatic rings. The maximum Gasteiger partial charge on any atom is 0.412 e. The average molecular weight is 535 g/mol. The lowest BCUT2D eigenvalue weighted by Gasteiger charge is -2.35. The van der Waals surface area contributed by atoms with Crippen molar-refractivity contribution < 1.29 is 32.2 Å². The van der Waals surface area contributed by atoms with Crippen LogP contribution in [0.3, 0.4) is 0 Å². The summed E-state index contributed by atoms with van der Waals surface area (Å²) in [6.07, 6.45) is -0.778. The van der Waals surface area contributed by atoms with Crippen LogP contribution in [0.2, 0.25) is 0 Å². The molecule has 1 unspecified atom stereocenters. The minimum atomic E-state index is -4.05. The number of benzene rings is 1. The Morgan fingerprint density at radius 3 is 2.35 bits per heavy atom. The van der Waals surface area contributed by atoms with Crippen molar-refractivity contribution in [1.82, 2.24) is 10.3 Å². The molecular formula is C25H34N4O7S. The van der Waals surface area contributed by atoms with E-state index in [1.807, 2.05) is 0 Å². The lowest BCUT2D eigenvalue weighted by Crippen LogP contribution is -2.49. The molecule has 11 nitrogen and oxygen atoms in total. The predicted molar refractivity (Wildman–Crippen MR) is 138 cm³/mol. The van der Waals surface area contributed by atoms with Crippen molar-refractivity contribution >= 4 is 33.6 Å². The van der Waals surface area contributed by atoms with Crippen LogP contribution >= 0.6 is 0 Å². The van der Waals surface area contributed by atoms with Gasteiger partial charge in [-0.15, -0.1) is 0 Å². The molecule has 0 saturated carbocycles. The minimum Gasteiger partial charge on any atom is -0.469 e. The molecule has 0 aliphatic carbocycles. The van der Waals surface area contributed by atoms with Gasteiger partial charge in [0.25, 0.3) is 10.0 Å². The topological polar surface area (TPSA) is 136 Å². The third-order valence-corrected chi connectivity index (χ3v) is 6.62. The number of carbonyl (C=O) groups excluding carboxylic acids is 2. The standard InChI is InChI=1S/C25H34N4O7S/c1-16-9-8-10-19(11-16)37(32,33)29-15-18(14-27-22(30)35-24(2,3)4)34-21-20(29)12-17(13-26-21)28-23(31)36-25(5,6)7/h8-13,18H,14-15H2,1-7H3,(H,27,30)(H,28,31). The molecule has 2 amide bonds. The lowest BCUT2D eigenvalue weighted by molar-refractivity contribution is 0.0499. The van der Waals surface area contributed by atoms with Gasteiger partial charge in [0, 0.05) is 0 Å². The Morgan fingerprint density at radius 1 is 1.08 bits per heavy atom. The Kier molecular flexibility index (Phi) is 7.91. The van der Waals surface area contributed by atoms with Crippen molar-refractivity contribution in [3.05, 3.63) is 42.1 Å². The number of amides is 2. The highest BCUT2D eigenvalue weighted by Crippen LogP contribution is 2.37. The first-order valence-corrected chi connectivity index (χ1v) is 13.2. The molecule has 202 valence electrons. The molecule has 2 heterocycles. The molecule has 37 heavy (non-hydrogen) atoms. The normalized spacial score (nSPS) is 15.8. The Bertz CT molecular complexity index is 1270. The van der Waals surface area contributed by atoms with Crippen LogP contribution in [0, 0.1) is 6.92 Å². The first-order valence-electron chi connectivity index (χ1n) is 11.8. The van der Waals surface area contributed by atoms with Crippen LogP contribution in [0.4, 0.5) is 21.0 Å². The van der Waals surface area contributed by atoms with E-state index < -0.39 is 39.5 Å². The Balaban J connectivity index is 1.92. The number of hydrogen-bond donors (Lipinski definition) is 2. The van der Waals surface area contributed by atoms with Crippen LogP contribution in [0.15, 0.2) is 41.4 Å². The fraction of sp³-hybridized carbons (Fsp3) is 0.480. The van der Waals surface area contributed by atoms with Crippen LogP contribution in [0.25, 0.3) is 0 Å². The van der Waals surface area contributed by atoms with Crippen LogP contribution in [-0.4, -0.2) is 56.0 Å². The summed E-state index contributed by atoms with van der Waals surface area (Å²) in [6, 6.07) is 7.97. The number of hydrogen-bond acceptors (Lipinski definition) is 8. The minimum absolute atomic E-state index is 0.0201. The zero-order valence-electron chi connectivity index (χ0n) is 22.1. The Labute approximate surface area is 217 Å². The number of nitrogens with one attached hydrogen (secondary N) is 2. The molecule has 0 saturated heterocycles. The molecule has 1 aromatic carbocycles. The first-order chi connectivity index (χ1) is 17.0. The van der Waals surface area contributed by atoms with E-state index in [9.17, 15) is 18.0 Å². The number of aryl methyl sites for hydroxylation is 1. The van der Waals surface area contributed by atoms with Gasteiger partial charge in [-0.25, -0.2) is 23.0 Å². The quantitative estimate of drug-likeness (QED) is 0.582. The van der Waals surface area contributed by atoms with E-state index in [-0.39, 0.29) is 35.2 Å². The second-order valence-electron chi connectivity index (χ2n) is 10.7. The third-order valence-electron chi connectivity index (χ3n) is 4.84. The molecule has 1 atom stereocenters. The van der Waals surface area contributed by atoms with Crippen LogP contribution in [0.5, 0.6) is 5.88 Å². The monoisotopic (exact) mass is 534 g/mol. The maximum absolute atomic E-state index is 13.7. The number of ether oxygens (including phenoxy) is 3. The van der Waals surface area contributed by atoms with Gasteiger partial charge >= 0.3 is 12.2 Å². The van der Waals surface area contributed by atoms with Gasteiger partial charge in [-0.2, -0.15) is 0 Å². The highest BCUT2D eigenvalue weighted by atomic mass is 32.2. The van der Waals surface area contributed by atoms with Crippen LogP contribution < -0.4 is 19.7 Å². The summed E-state index contributed by atoms with van der Waals surface area (Å²) in [4.78, 5) is 28.7. The predicted octanol–water partition coefficient (Wildman–Crippen LogP) is 4.22. The molecular weight excluding hydrogens is 500 g/mol. The molecule has 0 bridgehead atoms. The van der Waals surface area contributed by atoms with Gasteiger partial charge in [-0.1, -0.05) is 12.1 Å². The summed E-state index contributed by atoms with van der Waals surface area (Å²) in [7, 11) is -4.05. The first kappa shape index (κ1) is 28.0. The van der Waals surface area contributed by atoms with E-state index in [1.54, 1.807) is 66.7 Å². The van der Waals surface area contributed by atoms with Crippen molar-refractivity contribution in [3.8, 4) is 5.88 Å². The number of aromatic nitrogens is 1. The molecule has 1 aliphatic heterocycles. The molecule has 3 rings (SSSR count). The largest absolute Gasteiger partial charge is 0.469 e. The number of rotatable bonds is 5. The molecule has 0 spiro atoms. The molecule has 12 heteroatoms. The van der Waals surface area contributed by atoms with Crippen molar-refractivity contribution in [3.63, 3.8) is 0 Å². The summed E-state index contributed by atoms with van der Waals surface area (Å²) in [5.41, 5.74) is -0.265. The molecule has 1 aliphatic rings. The number of sulfonamides is 1. The van der Waals surface area contributed by atoms with E-state index >= 15 is 0 Å². The Morgan fingerprint density at radius 2 is 1.73 bits per heavy atom. The van der Waals surface area contributed by atoms with Gasteiger partial charge < -0.3 is 19.5 Å². The van der Waals surface area contributed by atoms with E-state index in [0.29, 0.717) is 0 Å². The fourth-order valence-electron chi connectivity index (χ4n) is 3.43. The van der Waals surface area contributed by atoms with Gasteiger partial charge in [0.15, 0.2) is 0 Å². The van der Waals surface area contributed by atoms with E-state index in [4.69, 9.17) is 14.2 Å². The highest BCUT2D eigenvalue weighted by Gasteiger charge is 2.36. The second kappa shape index (κ2) is 10.4. The number of anilines is 2. The number of nitrogens with zero attached hydrogens (tertiary/aromatic N) is 2. The molecule has 2 N–H and O–H groups in total.